The predicted molar refractivity (Wildman–Crippen MR) is 169 cm³/mol. The van der Waals surface area contributed by atoms with Crippen molar-refractivity contribution in [1.82, 2.24) is 0 Å². The Morgan fingerprint density at radius 1 is 0.844 bits per heavy atom. The van der Waals surface area contributed by atoms with E-state index >= 15 is 0 Å². The molecule has 2 aromatic carbocycles. The molecule has 3 aliphatic rings. The summed E-state index contributed by atoms with van der Waals surface area (Å²) in [5.74, 6) is -2.71. The van der Waals surface area contributed by atoms with E-state index < -0.39 is 23.3 Å². The zero-order valence-electron chi connectivity index (χ0n) is 26.6. The molecule has 0 N–H and O–H groups in total. The second kappa shape index (κ2) is 15.5. The van der Waals surface area contributed by atoms with Gasteiger partial charge >= 0.3 is 5.97 Å². The number of ether oxygens (including phenoxy) is 2. The third-order valence-corrected chi connectivity index (χ3v) is 10.3. The number of hydrogen-bond donors (Lipinski definition) is 0. The second-order valence-electron chi connectivity index (χ2n) is 13.0. The van der Waals surface area contributed by atoms with Gasteiger partial charge in [-0.25, -0.2) is 13.2 Å². The van der Waals surface area contributed by atoms with E-state index in [1.165, 1.54) is 6.07 Å². The molecule has 1 unspecified atom stereocenters. The van der Waals surface area contributed by atoms with Gasteiger partial charge in [-0.05, 0) is 144 Å². The number of benzene rings is 2. The molecule has 2 aromatic rings. The van der Waals surface area contributed by atoms with Crippen LogP contribution in [0.3, 0.4) is 0 Å². The number of allylic oxidation sites excluding steroid dienone is 4. The summed E-state index contributed by atoms with van der Waals surface area (Å²) in [6.07, 6.45) is 15.6. The van der Waals surface area contributed by atoms with E-state index in [1.807, 2.05) is 19.1 Å². The highest BCUT2D eigenvalue weighted by Gasteiger charge is 2.34. The minimum absolute atomic E-state index is 0.0535. The Balaban J connectivity index is 1.06. The molecule has 3 nitrogen and oxygen atoms in total. The molecule has 2 fully saturated rings. The summed E-state index contributed by atoms with van der Waals surface area (Å²) in [5.41, 5.74) is 2.01. The van der Waals surface area contributed by atoms with E-state index in [4.69, 9.17) is 9.47 Å². The first kappa shape index (κ1) is 33.3. The summed E-state index contributed by atoms with van der Waals surface area (Å²) < 4.78 is 69.9. The summed E-state index contributed by atoms with van der Waals surface area (Å²) in [7, 11) is 0. The quantitative estimate of drug-likeness (QED) is 0.150. The minimum Gasteiger partial charge on any atom is -0.491 e. The van der Waals surface area contributed by atoms with Crippen molar-refractivity contribution in [3.05, 3.63) is 82.5 Å². The third-order valence-electron chi connectivity index (χ3n) is 10.3. The van der Waals surface area contributed by atoms with Crippen molar-refractivity contribution < 1.29 is 31.8 Å². The molecular weight excluding hydrogens is 580 g/mol. The average Bonchev–Trinajstić information content (AvgIpc) is 3.06. The van der Waals surface area contributed by atoms with Crippen molar-refractivity contribution in [3.8, 4) is 5.75 Å². The second-order valence-corrected chi connectivity index (χ2v) is 13.0. The van der Waals surface area contributed by atoms with Crippen molar-refractivity contribution in [2.45, 2.75) is 109 Å². The molecule has 0 bridgehead atoms. The predicted octanol–water partition coefficient (Wildman–Crippen LogP) is 10.4. The van der Waals surface area contributed by atoms with Crippen LogP contribution in [0.2, 0.25) is 0 Å². The highest BCUT2D eigenvalue weighted by Crippen LogP contribution is 2.43. The Hall–Kier alpha value is -3.09. The number of carbonyl (C=O) groups is 1. The topological polar surface area (TPSA) is 35.5 Å². The number of rotatable bonds is 10. The van der Waals surface area contributed by atoms with Crippen molar-refractivity contribution in [1.29, 1.82) is 0 Å². The van der Waals surface area contributed by atoms with E-state index in [-0.39, 0.29) is 36.3 Å². The molecule has 0 amide bonds. The summed E-state index contributed by atoms with van der Waals surface area (Å²) >= 11 is 0. The number of carbonyl (C=O) groups excluding carboxylic acids is 1. The number of halogens is 4. The molecule has 7 heteroatoms. The van der Waals surface area contributed by atoms with E-state index in [2.05, 4.69) is 6.08 Å². The molecule has 0 heterocycles. The van der Waals surface area contributed by atoms with Gasteiger partial charge < -0.3 is 9.47 Å². The Morgan fingerprint density at radius 2 is 1.60 bits per heavy atom. The van der Waals surface area contributed by atoms with E-state index in [0.717, 1.165) is 44.1 Å². The lowest BCUT2D eigenvalue weighted by Gasteiger charge is -2.36. The zero-order valence-corrected chi connectivity index (χ0v) is 26.6. The van der Waals surface area contributed by atoms with Crippen molar-refractivity contribution in [2.75, 3.05) is 6.61 Å². The van der Waals surface area contributed by atoms with Crippen LogP contribution < -0.4 is 4.74 Å². The van der Waals surface area contributed by atoms with Gasteiger partial charge in [0.2, 0.25) is 5.82 Å². The largest absolute Gasteiger partial charge is 0.491 e. The first-order chi connectivity index (χ1) is 21.8. The van der Waals surface area contributed by atoms with E-state index in [1.54, 1.807) is 25.1 Å². The Kier molecular flexibility index (Phi) is 11.4. The lowest BCUT2D eigenvalue weighted by molar-refractivity contribution is -0.157. The van der Waals surface area contributed by atoms with Crippen LogP contribution >= 0.6 is 0 Å². The highest BCUT2D eigenvalue weighted by atomic mass is 19.2. The maximum Gasteiger partial charge on any atom is 0.309 e. The zero-order chi connectivity index (χ0) is 31.9. The Morgan fingerprint density at radius 3 is 2.27 bits per heavy atom. The molecule has 5 rings (SSSR count). The minimum atomic E-state index is -0.927. The average molecular weight is 627 g/mol. The van der Waals surface area contributed by atoms with Gasteiger partial charge in [-0.1, -0.05) is 30.4 Å². The summed E-state index contributed by atoms with van der Waals surface area (Å²) in [4.78, 5) is 13.0. The molecule has 45 heavy (non-hydrogen) atoms. The van der Waals surface area contributed by atoms with Gasteiger partial charge in [0.05, 0.1) is 12.5 Å². The third kappa shape index (κ3) is 7.84. The molecule has 0 aliphatic heterocycles. The standard InChI is InChI=1S/C38H46F4O3/c1-3-5-6-7-28-18-21-31(35(40)34(28)39)27-12-14-29(15-13-27)38(43)45-30-19-16-25(17-20-30)24-8-10-26(11-9-24)32-22-23-33(44-4-2)37(42)36(32)41/h3,5,10,18,21-25,27,29-30H,4,6-9,11-17,19-20H2,1-2H3/b5-3+. The molecule has 3 aliphatic carbocycles. The molecule has 0 spiro atoms. The summed E-state index contributed by atoms with van der Waals surface area (Å²) in [6, 6.07) is 6.56. The number of hydrogen-bond acceptors (Lipinski definition) is 3. The molecule has 244 valence electrons. The van der Waals surface area contributed by atoms with Gasteiger partial charge in [-0.3, -0.25) is 4.79 Å². The van der Waals surface area contributed by atoms with Crippen LogP contribution in [0.25, 0.3) is 5.57 Å². The van der Waals surface area contributed by atoms with Crippen LogP contribution in [-0.2, 0) is 16.0 Å². The Labute approximate surface area is 265 Å². The smallest absolute Gasteiger partial charge is 0.309 e. The van der Waals surface area contributed by atoms with E-state index in [9.17, 15) is 22.4 Å². The maximum atomic E-state index is 14.9. The van der Waals surface area contributed by atoms with Gasteiger partial charge in [0.1, 0.15) is 6.10 Å². The monoisotopic (exact) mass is 626 g/mol. The lowest BCUT2D eigenvalue weighted by Crippen LogP contribution is -2.31. The van der Waals surface area contributed by atoms with Crippen LogP contribution in [0.15, 0.2) is 42.5 Å². The van der Waals surface area contributed by atoms with Gasteiger partial charge in [0.25, 0.3) is 0 Å². The molecular formula is C38H46F4O3. The summed E-state index contributed by atoms with van der Waals surface area (Å²) in [5, 5.41) is 0. The first-order valence-corrected chi connectivity index (χ1v) is 16.9. The van der Waals surface area contributed by atoms with Crippen LogP contribution in [0.4, 0.5) is 17.6 Å². The molecule has 1 atom stereocenters. The SMILES string of the molecule is C/C=C/CCc1ccc(C2CCC(C(=O)OC3CCC(C4CC=C(c5ccc(OCC)c(F)c5F)CC4)CC3)CC2)c(F)c1F. The van der Waals surface area contributed by atoms with Crippen molar-refractivity contribution in [2.24, 2.45) is 17.8 Å². The molecule has 2 saturated carbocycles. The Bertz CT molecular complexity index is 1380. The van der Waals surface area contributed by atoms with Gasteiger partial charge in [0, 0.05) is 5.56 Å². The lowest BCUT2D eigenvalue weighted by atomic mass is 9.72. The van der Waals surface area contributed by atoms with Crippen molar-refractivity contribution in [3.63, 3.8) is 0 Å². The fraction of sp³-hybridized carbons (Fsp3) is 0.553. The van der Waals surface area contributed by atoms with Crippen LogP contribution in [0, 0.1) is 41.0 Å². The van der Waals surface area contributed by atoms with Gasteiger partial charge in [0.15, 0.2) is 23.2 Å². The molecule has 0 radical (unpaired) electrons. The van der Waals surface area contributed by atoms with Crippen molar-refractivity contribution >= 4 is 11.5 Å². The van der Waals surface area contributed by atoms with Gasteiger partial charge in [-0.15, -0.1) is 0 Å². The fourth-order valence-corrected chi connectivity index (χ4v) is 7.67. The number of aryl methyl sites for hydroxylation is 1. The van der Waals surface area contributed by atoms with E-state index in [0.29, 0.717) is 73.5 Å². The highest BCUT2D eigenvalue weighted by molar-refractivity contribution is 5.72. The van der Waals surface area contributed by atoms with Crippen LogP contribution in [0.5, 0.6) is 5.75 Å². The fourth-order valence-electron chi connectivity index (χ4n) is 7.67. The molecule has 0 aromatic heterocycles. The number of esters is 1. The maximum absolute atomic E-state index is 14.9. The molecule has 0 saturated heterocycles. The van der Waals surface area contributed by atoms with Crippen LogP contribution in [-0.4, -0.2) is 18.7 Å². The first-order valence-electron chi connectivity index (χ1n) is 16.9. The van der Waals surface area contributed by atoms with Crippen LogP contribution in [0.1, 0.15) is 114 Å². The summed E-state index contributed by atoms with van der Waals surface area (Å²) in [6.45, 7) is 3.92. The van der Waals surface area contributed by atoms with Gasteiger partial charge in [-0.2, -0.15) is 4.39 Å². The normalized spacial score (nSPS) is 25.6.